The predicted octanol–water partition coefficient (Wildman–Crippen LogP) is 5.88. The van der Waals surface area contributed by atoms with Crippen LogP contribution < -0.4 is 10.6 Å². The molecule has 0 atom stereocenters. The third-order valence-corrected chi connectivity index (χ3v) is 7.79. The Balaban J connectivity index is 1.34. The highest BCUT2D eigenvalue weighted by molar-refractivity contribution is 6.42. The van der Waals surface area contributed by atoms with Crippen molar-refractivity contribution in [3.05, 3.63) is 94.2 Å². The van der Waals surface area contributed by atoms with E-state index in [1.54, 1.807) is 36.4 Å². The second-order valence-electron chi connectivity index (χ2n) is 9.51. The molecule has 1 fully saturated rings. The number of hydrogen-bond donors (Lipinski definition) is 1. The van der Waals surface area contributed by atoms with Gasteiger partial charge in [0.25, 0.3) is 0 Å². The fourth-order valence-electron chi connectivity index (χ4n) is 4.91. The molecular formula is C29H26Cl2FN7. The van der Waals surface area contributed by atoms with Gasteiger partial charge in [-0.1, -0.05) is 65.7 Å². The average Bonchev–Trinajstić information content (AvgIpc) is 3.30. The van der Waals surface area contributed by atoms with Crippen molar-refractivity contribution in [2.24, 2.45) is 0 Å². The van der Waals surface area contributed by atoms with Crippen LogP contribution in [0.15, 0.2) is 72.8 Å². The molecule has 198 valence electrons. The van der Waals surface area contributed by atoms with Gasteiger partial charge in [-0.25, -0.2) is 14.1 Å². The van der Waals surface area contributed by atoms with Gasteiger partial charge in [-0.15, -0.1) is 5.10 Å². The predicted molar refractivity (Wildman–Crippen MR) is 155 cm³/mol. The maximum Gasteiger partial charge on any atom is 0.228 e. The van der Waals surface area contributed by atoms with Crippen molar-refractivity contribution in [1.29, 1.82) is 0 Å². The molecule has 0 aliphatic carbocycles. The Morgan fingerprint density at radius 3 is 2.33 bits per heavy atom. The lowest BCUT2D eigenvalue weighted by Crippen LogP contribution is -2.47. The minimum absolute atomic E-state index is 0.291. The Bertz CT molecular complexity index is 1630. The van der Waals surface area contributed by atoms with E-state index >= 15 is 4.39 Å². The van der Waals surface area contributed by atoms with Crippen LogP contribution in [0.2, 0.25) is 10.0 Å². The van der Waals surface area contributed by atoms with E-state index in [4.69, 9.17) is 38.9 Å². The molecule has 0 bridgehead atoms. The number of halogens is 3. The monoisotopic (exact) mass is 561 g/mol. The van der Waals surface area contributed by atoms with E-state index in [2.05, 4.69) is 39.2 Å². The van der Waals surface area contributed by atoms with Crippen molar-refractivity contribution in [2.75, 3.05) is 43.4 Å². The molecule has 1 aliphatic heterocycles. The molecular weight excluding hydrogens is 536 g/mol. The summed E-state index contributed by atoms with van der Waals surface area (Å²) in [6.45, 7) is 4.25. The number of anilines is 2. The smallest absolute Gasteiger partial charge is 0.228 e. The highest BCUT2D eigenvalue weighted by atomic mass is 35.5. The molecule has 0 amide bonds. The molecule has 0 unspecified atom stereocenters. The van der Waals surface area contributed by atoms with Crippen LogP contribution in [0.5, 0.6) is 0 Å². The summed E-state index contributed by atoms with van der Waals surface area (Å²) in [7, 11) is 0. The summed E-state index contributed by atoms with van der Waals surface area (Å²) in [6.07, 6.45) is 1.01. The van der Waals surface area contributed by atoms with Gasteiger partial charge in [-0.3, -0.25) is 4.90 Å². The zero-order valence-corrected chi connectivity index (χ0v) is 22.6. The summed E-state index contributed by atoms with van der Waals surface area (Å²) >= 11 is 12.4. The zero-order valence-electron chi connectivity index (χ0n) is 21.1. The van der Waals surface area contributed by atoms with Crippen molar-refractivity contribution < 1.29 is 4.39 Å². The molecule has 3 aromatic carbocycles. The number of nitrogen functional groups attached to an aromatic ring is 1. The van der Waals surface area contributed by atoms with E-state index in [1.807, 2.05) is 6.07 Å². The summed E-state index contributed by atoms with van der Waals surface area (Å²) in [5.74, 6) is 0.400. The second-order valence-corrected chi connectivity index (χ2v) is 10.3. The van der Waals surface area contributed by atoms with E-state index in [-0.39, 0.29) is 0 Å². The molecule has 7 nitrogen and oxygen atoms in total. The van der Waals surface area contributed by atoms with Crippen LogP contribution in [0.3, 0.4) is 0 Å². The highest BCUT2D eigenvalue weighted by Crippen LogP contribution is 2.35. The number of nitrogens with zero attached hydrogens (tertiary/aromatic N) is 6. The second kappa shape index (κ2) is 10.8. The minimum atomic E-state index is -0.393. The summed E-state index contributed by atoms with van der Waals surface area (Å²) in [5, 5.41) is 5.96. The van der Waals surface area contributed by atoms with Gasteiger partial charge in [-0.05, 0) is 42.3 Å². The lowest BCUT2D eigenvalue weighted by Gasteiger charge is -2.34. The maximum atomic E-state index is 15.0. The van der Waals surface area contributed by atoms with Crippen LogP contribution in [0, 0.1) is 5.82 Å². The van der Waals surface area contributed by atoms with Crippen LogP contribution >= 0.6 is 23.2 Å². The van der Waals surface area contributed by atoms with Crippen molar-refractivity contribution in [2.45, 2.75) is 6.42 Å². The van der Waals surface area contributed by atoms with Crippen LogP contribution in [0.1, 0.15) is 5.56 Å². The van der Waals surface area contributed by atoms with Gasteiger partial charge in [0.2, 0.25) is 5.95 Å². The zero-order chi connectivity index (χ0) is 26.9. The number of hydrogen-bond acceptors (Lipinski definition) is 6. The topological polar surface area (TPSA) is 76.1 Å². The van der Waals surface area contributed by atoms with Crippen LogP contribution in [0.4, 0.5) is 16.2 Å². The molecule has 0 spiro atoms. The summed E-state index contributed by atoms with van der Waals surface area (Å²) in [6, 6.07) is 22.2. The lowest BCUT2D eigenvalue weighted by atomic mass is 10.1. The molecule has 5 aromatic rings. The van der Waals surface area contributed by atoms with E-state index in [1.165, 1.54) is 16.3 Å². The number of fused-ring (bicyclic) bond motifs is 1. The SMILES string of the molecule is Nc1c2c(-c3ccccc3F)nc(N3CCN(CCc4ccccc4)CC3)nc2nn1-c1ccc(Cl)c(Cl)c1. The molecule has 1 saturated heterocycles. The number of piperazine rings is 1. The average molecular weight is 562 g/mol. The first kappa shape index (κ1) is 25.6. The van der Waals surface area contributed by atoms with E-state index in [0.29, 0.717) is 49.8 Å². The summed E-state index contributed by atoms with van der Waals surface area (Å²) in [4.78, 5) is 14.2. The standard InChI is InChI=1S/C29H26Cl2FN7/c30-22-11-10-20(18-23(22)31)39-27(33)25-26(21-8-4-5-9-24(21)32)34-29(35-28(25)36-39)38-16-14-37(15-17-38)13-12-19-6-2-1-3-7-19/h1-11,18H,12-17,33H2. The van der Waals surface area contributed by atoms with Gasteiger partial charge in [0.1, 0.15) is 11.6 Å². The molecule has 10 heteroatoms. The van der Waals surface area contributed by atoms with Gasteiger partial charge in [0.05, 0.1) is 26.8 Å². The van der Waals surface area contributed by atoms with Gasteiger partial charge in [0, 0.05) is 38.3 Å². The Morgan fingerprint density at radius 1 is 0.846 bits per heavy atom. The van der Waals surface area contributed by atoms with Crippen molar-refractivity contribution in [3.63, 3.8) is 0 Å². The maximum absolute atomic E-state index is 15.0. The molecule has 39 heavy (non-hydrogen) atoms. The largest absolute Gasteiger partial charge is 0.383 e. The number of aromatic nitrogens is 4. The molecule has 2 N–H and O–H groups in total. The van der Waals surface area contributed by atoms with Crippen LogP contribution in [0.25, 0.3) is 28.0 Å². The third kappa shape index (κ3) is 5.15. The normalized spacial score (nSPS) is 14.3. The highest BCUT2D eigenvalue weighted by Gasteiger charge is 2.25. The van der Waals surface area contributed by atoms with E-state index in [0.717, 1.165) is 39.1 Å². The van der Waals surface area contributed by atoms with Crippen molar-refractivity contribution >= 4 is 46.0 Å². The molecule has 0 saturated carbocycles. The first-order chi connectivity index (χ1) is 19.0. The van der Waals surface area contributed by atoms with E-state index < -0.39 is 5.82 Å². The Hall–Kier alpha value is -3.72. The third-order valence-electron chi connectivity index (χ3n) is 7.05. The lowest BCUT2D eigenvalue weighted by molar-refractivity contribution is 0.260. The summed E-state index contributed by atoms with van der Waals surface area (Å²) in [5.41, 5.74) is 9.66. The molecule has 3 heterocycles. The first-order valence-electron chi connectivity index (χ1n) is 12.8. The van der Waals surface area contributed by atoms with Gasteiger partial charge in [0.15, 0.2) is 5.65 Å². The fraction of sp³-hybridized carbons (Fsp3) is 0.207. The van der Waals surface area contributed by atoms with Crippen molar-refractivity contribution in [3.8, 4) is 16.9 Å². The molecule has 2 aromatic heterocycles. The number of nitrogens with two attached hydrogens (primary N) is 1. The number of benzene rings is 3. The molecule has 6 rings (SSSR count). The Morgan fingerprint density at radius 2 is 1.59 bits per heavy atom. The van der Waals surface area contributed by atoms with Gasteiger partial charge < -0.3 is 10.6 Å². The summed E-state index contributed by atoms with van der Waals surface area (Å²) < 4.78 is 16.6. The van der Waals surface area contributed by atoms with Crippen LogP contribution in [-0.2, 0) is 6.42 Å². The first-order valence-corrected chi connectivity index (χ1v) is 13.5. The number of rotatable bonds is 6. The van der Waals surface area contributed by atoms with Gasteiger partial charge >= 0.3 is 0 Å². The van der Waals surface area contributed by atoms with Crippen molar-refractivity contribution in [1.82, 2.24) is 24.6 Å². The minimum Gasteiger partial charge on any atom is -0.383 e. The van der Waals surface area contributed by atoms with Gasteiger partial charge in [-0.2, -0.15) is 4.98 Å². The quantitative estimate of drug-likeness (QED) is 0.279. The Kier molecular flexibility index (Phi) is 7.08. The Labute approximate surface area is 235 Å². The fourth-order valence-corrected chi connectivity index (χ4v) is 5.20. The van der Waals surface area contributed by atoms with E-state index in [9.17, 15) is 0 Å². The molecule has 1 aliphatic rings. The molecule has 0 radical (unpaired) electrons. The van der Waals surface area contributed by atoms with Crippen LogP contribution in [-0.4, -0.2) is 57.4 Å².